The van der Waals surface area contributed by atoms with Crippen LogP contribution in [0.15, 0.2) is 0 Å². The first-order valence-electron chi connectivity index (χ1n) is 3.87. The summed E-state index contributed by atoms with van der Waals surface area (Å²) in [5.41, 5.74) is 0. The van der Waals surface area contributed by atoms with Gasteiger partial charge < -0.3 is 0 Å². The lowest BCUT2D eigenvalue weighted by Gasteiger charge is -2.10. The van der Waals surface area contributed by atoms with Crippen molar-refractivity contribution in [2.45, 2.75) is 44.8 Å². The van der Waals surface area contributed by atoms with Gasteiger partial charge in [-0.1, -0.05) is 26.7 Å². The Morgan fingerprint density at radius 3 is 1.78 bits per heavy atom. The zero-order valence-electron chi connectivity index (χ0n) is 6.81. The van der Waals surface area contributed by atoms with Gasteiger partial charge in [0.15, 0.2) is 0 Å². The van der Waals surface area contributed by atoms with Crippen LogP contribution in [0.25, 0.3) is 0 Å². The van der Waals surface area contributed by atoms with Crippen LogP contribution in [0.4, 0.5) is 0 Å². The van der Waals surface area contributed by atoms with E-state index in [1.807, 2.05) is 11.8 Å². The minimum absolute atomic E-state index is 0.931. The molecule has 0 nitrogen and oxygen atoms in total. The van der Waals surface area contributed by atoms with Crippen molar-refractivity contribution < 1.29 is 0 Å². The van der Waals surface area contributed by atoms with E-state index < -0.39 is 0 Å². The lowest BCUT2D eigenvalue weighted by molar-refractivity contribution is 0.674. The second-order valence-corrected chi connectivity index (χ2v) is 3.57. The minimum Gasteiger partial charge on any atom is -0.162 e. The molecule has 0 unspecified atom stereocenters. The van der Waals surface area contributed by atoms with E-state index >= 15 is 0 Å². The van der Waals surface area contributed by atoms with Crippen molar-refractivity contribution in [3.05, 3.63) is 0 Å². The third kappa shape index (κ3) is 4.83. The van der Waals surface area contributed by atoms with Gasteiger partial charge in [0.1, 0.15) is 0 Å². The summed E-state index contributed by atoms with van der Waals surface area (Å²) in [5.74, 6) is 0. The summed E-state index contributed by atoms with van der Waals surface area (Å²) in [6.07, 6.45) is 7.69. The molecule has 0 saturated heterocycles. The molecule has 0 aliphatic rings. The number of rotatable bonds is 5. The molecule has 0 fully saturated rings. The molecule has 0 bridgehead atoms. The predicted octanol–water partition coefficient (Wildman–Crippen LogP) is 3.32. The number of thioether (sulfide) groups is 1. The highest BCUT2D eigenvalue weighted by Gasteiger charge is 2.01. The zero-order valence-corrected chi connectivity index (χ0v) is 7.63. The van der Waals surface area contributed by atoms with Gasteiger partial charge in [0.2, 0.25) is 0 Å². The van der Waals surface area contributed by atoms with Crippen molar-refractivity contribution in [2.24, 2.45) is 0 Å². The second-order valence-electron chi connectivity index (χ2n) is 2.44. The largest absolute Gasteiger partial charge is 0.162 e. The van der Waals surface area contributed by atoms with Gasteiger partial charge in [-0.3, -0.25) is 0 Å². The van der Waals surface area contributed by atoms with Crippen molar-refractivity contribution in [2.75, 3.05) is 6.26 Å². The predicted molar refractivity (Wildman–Crippen MR) is 47.1 cm³/mol. The molecule has 0 saturated carbocycles. The summed E-state index contributed by atoms with van der Waals surface area (Å²) < 4.78 is 0. The van der Waals surface area contributed by atoms with Crippen LogP contribution < -0.4 is 0 Å². The Morgan fingerprint density at radius 1 is 1.11 bits per heavy atom. The molecular formula is C8H18S. The van der Waals surface area contributed by atoms with Crippen molar-refractivity contribution in [3.8, 4) is 0 Å². The van der Waals surface area contributed by atoms with E-state index in [0.717, 1.165) is 5.25 Å². The molecule has 1 heteroatoms. The molecule has 0 radical (unpaired) electrons. The van der Waals surface area contributed by atoms with E-state index in [1.54, 1.807) is 0 Å². The normalized spacial score (nSPS) is 10.7. The molecule has 0 amide bonds. The Morgan fingerprint density at radius 2 is 1.56 bits per heavy atom. The minimum atomic E-state index is 0.931. The molecule has 0 N–H and O–H groups in total. The van der Waals surface area contributed by atoms with Gasteiger partial charge in [0.25, 0.3) is 0 Å². The van der Waals surface area contributed by atoms with Crippen LogP contribution in [-0.2, 0) is 0 Å². The molecule has 0 aromatic rings. The smallest absolute Gasteiger partial charge is 0.00440 e. The SMILES string of the molecule is CCCC(CCC)SC. The van der Waals surface area contributed by atoms with Crippen LogP contribution in [0.5, 0.6) is 0 Å². The molecule has 0 spiro atoms. The molecule has 0 heterocycles. The van der Waals surface area contributed by atoms with Crippen LogP contribution >= 0.6 is 11.8 Å². The van der Waals surface area contributed by atoms with E-state index in [2.05, 4.69) is 20.1 Å². The van der Waals surface area contributed by atoms with Crippen LogP contribution in [0.2, 0.25) is 0 Å². The summed E-state index contributed by atoms with van der Waals surface area (Å²) >= 11 is 2.02. The Hall–Kier alpha value is 0.350. The Balaban J connectivity index is 3.18. The van der Waals surface area contributed by atoms with Gasteiger partial charge in [-0.2, -0.15) is 11.8 Å². The number of hydrogen-bond donors (Lipinski definition) is 0. The quantitative estimate of drug-likeness (QED) is 0.573. The van der Waals surface area contributed by atoms with Crippen LogP contribution in [0, 0.1) is 0 Å². The highest BCUT2D eigenvalue weighted by atomic mass is 32.2. The molecule has 9 heavy (non-hydrogen) atoms. The molecule has 0 atom stereocenters. The fourth-order valence-electron chi connectivity index (χ4n) is 1.02. The second kappa shape index (κ2) is 6.47. The van der Waals surface area contributed by atoms with Crippen molar-refractivity contribution >= 4 is 11.8 Å². The van der Waals surface area contributed by atoms with E-state index in [-0.39, 0.29) is 0 Å². The molecule has 0 aliphatic carbocycles. The van der Waals surface area contributed by atoms with Gasteiger partial charge in [-0.25, -0.2) is 0 Å². The Bertz CT molecular complexity index is 46.5. The molecule has 0 aromatic heterocycles. The highest BCUT2D eigenvalue weighted by Crippen LogP contribution is 2.17. The van der Waals surface area contributed by atoms with Gasteiger partial charge in [0, 0.05) is 5.25 Å². The van der Waals surface area contributed by atoms with E-state index in [1.165, 1.54) is 25.7 Å². The average molecular weight is 146 g/mol. The van der Waals surface area contributed by atoms with Crippen LogP contribution in [-0.4, -0.2) is 11.5 Å². The first-order valence-corrected chi connectivity index (χ1v) is 5.16. The Labute approximate surface area is 63.4 Å². The van der Waals surface area contributed by atoms with Gasteiger partial charge in [-0.05, 0) is 19.1 Å². The zero-order chi connectivity index (χ0) is 7.11. The topological polar surface area (TPSA) is 0 Å². The van der Waals surface area contributed by atoms with Crippen LogP contribution in [0.1, 0.15) is 39.5 Å². The van der Waals surface area contributed by atoms with Crippen molar-refractivity contribution in [3.63, 3.8) is 0 Å². The van der Waals surface area contributed by atoms with Crippen molar-refractivity contribution in [1.82, 2.24) is 0 Å². The molecule has 56 valence electrons. The summed E-state index contributed by atoms with van der Waals surface area (Å²) in [7, 11) is 0. The highest BCUT2D eigenvalue weighted by molar-refractivity contribution is 7.99. The fourth-order valence-corrected chi connectivity index (χ4v) is 1.97. The Kier molecular flexibility index (Phi) is 6.72. The standard InChI is InChI=1S/C8H18S/c1-4-6-8(9-3)7-5-2/h8H,4-7H2,1-3H3. The summed E-state index contributed by atoms with van der Waals surface area (Å²) in [6, 6.07) is 0. The molecule has 0 aliphatic heterocycles. The fraction of sp³-hybridized carbons (Fsp3) is 1.00. The van der Waals surface area contributed by atoms with Crippen molar-refractivity contribution in [1.29, 1.82) is 0 Å². The van der Waals surface area contributed by atoms with Gasteiger partial charge in [0.05, 0.1) is 0 Å². The number of hydrogen-bond acceptors (Lipinski definition) is 1. The average Bonchev–Trinajstić information content (AvgIpc) is 1.88. The molecule has 0 aromatic carbocycles. The summed E-state index contributed by atoms with van der Waals surface area (Å²) in [6.45, 7) is 4.53. The maximum Gasteiger partial charge on any atom is 0.00440 e. The third-order valence-corrected chi connectivity index (χ3v) is 2.69. The summed E-state index contributed by atoms with van der Waals surface area (Å²) in [4.78, 5) is 0. The van der Waals surface area contributed by atoms with Gasteiger partial charge >= 0.3 is 0 Å². The molecular weight excluding hydrogens is 128 g/mol. The van der Waals surface area contributed by atoms with Gasteiger partial charge in [-0.15, -0.1) is 0 Å². The lowest BCUT2D eigenvalue weighted by Crippen LogP contribution is -1.99. The third-order valence-electron chi connectivity index (χ3n) is 1.55. The lowest BCUT2D eigenvalue weighted by atomic mass is 10.2. The first-order chi connectivity index (χ1) is 4.35. The van der Waals surface area contributed by atoms with E-state index in [9.17, 15) is 0 Å². The first kappa shape index (κ1) is 9.35. The monoisotopic (exact) mass is 146 g/mol. The van der Waals surface area contributed by atoms with E-state index in [4.69, 9.17) is 0 Å². The molecule has 0 rings (SSSR count). The van der Waals surface area contributed by atoms with E-state index in [0.29, 0.717) is 0 Å². The summed E-state index contributed by atoms with van der Waals surface area (Å²) in [5, 5.41) is 0.931. The maximum atomic E-state index is 2.26. The van der Waals surface area contributed by atoms with Crippen LogP contribution in [0.3, 0.4) is 0 Å². The maximum absolute atomic E-state index is 2.26.